The zero-order valence-corrected chi connectivity index (χ0v) is 18.0. The third-order valence-corrected chi connectivity index (χ3v) is 5.88. The zero-order valence-electron chi connectivity index (χ0n) is 11.6. The number of hydrogen-bond acceptors (Lipinski definition) is 1. The summed E-state index contributed by atoms with van der Waals surface area (Å²) in [6.07, 6.45) is 1.38. The molecule has 0 spiro atoms. The van der Waals surface area contributed by atoms with Gasteiger partial charge in [0.05, 0.1) is 9.65 Å². The Labute approximate surface area is 164 Å². The molecule has 0 amide bonds. The first-order valence-electron chi connectivity index (χ1n) is 6.76. The van der Waals surface area contributed by atoms with Gasteiger partial charge in [-0.1, -0.05) is 88.0 Å². The Morgan fingerprint density at radius 2 is 1.05 bits per heavy atom. The topological polar surface area (TPSA) is 17.1 Å². The molecule has 2 aromatic rings. The molecule has 0 aliphatic rings. The first-order chi connectivity index (χ1) is 10.5. The monoisotopic (exact) mass is 550 g/mol. The Hall–Kier alpha value is 0.0300. The van der Waals surface area contributed by atoms with Crippen LogP contribution in [0, 0.1) is 0 Å². The van der Waals surface area contributed by atoms with E-state index in [-0.39, 0.29) is 15.4 Å². The van der Waals surface area contributed by atoms with Crippen molar-refractivity contribution >= 4 is 69.5 Å². The molecule has 22 heavy (non-hydrogen) atoms. The van der Waals surface area contributed by atoms with Crippen molar-refractivity contribution in [3.63, 3.8) is 0 Å². The molecule has 0 aromatic heterocycles. The second-order valence-corrected chi connectivity index (χ2v) is 9.04. The van der Waals surface area contributed by atoms with Crippen LogP contribution in [0.3, 0.4) is 0 Å². The summed E-state index contributed by atoms with van der Waals surface area (Å²) in [6.45, 7) is 0. The van der Waals surface area contributed by atoms with E-state index in [9.17, 15) is 4.79 Å². The van der Waals surface area contributed by atoms with E-state index in [2.05, 4.69) is 63.7 Å². The maximum atomic E-state index is 12.5. The number of benzene rings is 2. The van der Waals surface area contributed by atoms with E-state index >= 15 is 0 Å². The van der Waals surface area contributed by atoms with Crippen molar-refractivity contribution in [3.05, 3.63) is 68.6 Å². The molecule has 2 unspecified atom stereocenters. The predicted molar refractivity (Wildman–Crippen MR) is 106 cm³/mol. The molecule has 0 saturated heterocycles. The highest BCUT2D eigenvalue weighted by atomic mass is 79.9. The van der Waals surface area contributed by atoms with Gasteiger partial charge in [0.15, 0.2) is 5.78 Å². The predicted octanol–water partition coefficient (Wildman–Crippen LogP) is 6.09. The molecular formula is C17H14Br4O. The van der Waals surface area contributed by atoms with Crippen molar-refractivity contribution in [2.45, 2.75) is 22.5 Å². The van der Waals surface area contributed by atoms with Gasteiger partial charge in [0, 0.05) is 8.95 Å². The molecule has 2 aromatic carbocycles. The summed E-state index contributed by atoms with van der Waals surface area (Å²) < 4.78 is 2.09. The molecule has 0 aliphatic heterocycles. The second-order valence-electron chi connectivity index (χ2n) is 5.00. The average Bonchev–Trinajstić information content (AvgIpc) is 2.51. The lowest BCUT2D eigenvalue weighted by atomic mass is 10.0. The minimum absolute atomic E-state index is 0.172. The second kappa shape index (κ2) is 8.76. The van der Waals surface area contributed by atoms with Gasteiger partial charge in [-0.2, -0.15) is 0 Å². The van der Waals surface area contributed by atoms with E-state index in [1.165, 1.54) is 0 Å². The Morgan fingerprint density at radius 3 is 1.36 bits per heavy atom. The highest BCUT2D eigenvalue weighted by molar-refractivity contribution is 9.11. The number of carbonyl (C=O) groups is 1. The van der Waals surface area contributed by atoms with Gasteiger partial charge in [0.25, 0.3) is 0 Å². The molecule has 0 aliphatic carbocycles. The van der Waals surface area contributed by atoms with Gasteiger partial charge >= 0.3 is 0 Å². The molecule has 0 bridgehead atoms. The fourth-order valence-electron chi connectivity index (χ4n) is 2.05. The Balaban J connectivity index is 1.94. The fraction of sp³-hybridized carbons (Fsp3) is 0.235. The maximum absolute atomic E-state index is 12.5. The first kappa shape index (κ1) is 18.4. The Bertz CT molecular complexity index is 567. The van der Waals surface area contributed by atoms with Crippen LogP contribution < -0.4 is 0 Å². The number of ketones is 1. The van der Waals surface area contributed by atoms with E-state index in [0.29, 0.717) is 12.8 Å². The van der Waals surface area contributed by atoms with Crippen molar-refractivity contribution in [1.29, 1.82) is 0 Å². The van der Waals surface area contributed by atoms with Crippen molar-refractivity contribution in [2.75, 3.05) is 0 Å². The molecule has 5 heteroatoms. The van der Waals surface area contributed by atoms with Crippen molar-refractivity contribution in [3.8, 4) is 0 Å². The van der Waals surface area contributed by atoms with Crippen LogP contribution in [0.2, 0.25) is 0 Å². The Kier molecular flexibility index (Phi) is 7.32. The van der Waals surface area contributed by atoms with Gasteiger partial charge in [-0.05, 0) is 48.2 Å². The van der Waals surface area contributed by atoms with Crippen molar-refractivity contribution < 1.29 is 4.79 Å². The van der Waals surface area contributed by atoms with Crippen LogP contribution in [0.4, 0.5) is 0 Å². The summed E-state index contributed by atoms with van der Waals surface area (Å²) >= 11 is 13.9. The van der Waals surface area contributed by atoms with Crippen LogP contribution in [0.1, 0.15) is 11.1 Å². The molecule has 0 heterocycles. The van der Waals surface area contributed by atoms with Crippen LogP contribution in [-0.2, 0) is 17.6 Å². The van der Waals surface area contributed by atoms with Crippen LogP contribution in [0.15, 0.2) is 57.5 Å². The minimum atomic E-state index is -0.187. The normalized spacial score (nSPS) is 13.6. The lowest BCUT2D eigenvalue weighted by molar-refractivity contribution is -0.117. The van der Waals surface area contributed by atoms with Gasteiger partial charge in [-0.3, -0.25) is 4.79 Å². The van der Waals surface area contributed by atoms with Gasteiger partial charge in [-0.15, -0.1) is 0 Å². The van der Waals surface area contributed by atoms with Gasteiger partial charge in [-0.25, -0.2) is 0 Å². The molecule has 1 nitrogen and oxygen atoms in total. The van der Waals surface area contributed by atoms with Crippen molar-refractivity contribution in [1.82, 2.24) is 0 Å². The first-order valence-corrected chi connectivity index (χ1v) is 10.2. The Morgan fingerprint density at radius 1 is 0.727 bits per heavy atom. The number of carbonyl (C=O) groups excluding carboxylic acids is 1. The number of hydrogen-bond donors (Lipinski definition) is 0. The fourth-order valence-corrected chi connectivity index (χ4v) is 4.32. The minimum Gasteiger partial charge on any atom is -0.297 e. The lowest BCUT2D eigenvalue weighted by Gasteiger charge is -2.14. The quantitative estimate of drug-likeness (QED) is 0.396. The highest BCUT2D eigenvalue weighted by Gasteiger charge is 2.23. The summed E-state index contributed by atoms with van der Waals surface area (Å²) in [4.78, 5) is 12.1. The van der Waals surface area contributed by atoms with E-state index in [0.717, 1.165) is 20.1 Å². The van der Waals surface area contributed by atoms with Crippen molar-refractivity contribution in [2.24, 2.45) is 0 Å². The summed E-state index contributed by atoms with van der Waals surface area (Å²) in [6, 6.07) is 16.1. The van der Waals surface area contributed by atoms with E-state index in [4.69, 9.17) is 0 Å². The molecule has 2 rings (SSSR count). The highest BCUT2D eigenvalue weighted by Crippen LogP contribution is 2.21. The standard InChI is InChI=1S/C17H14Br4O/c18-13-5-1-11(2-6-13)9-15(20)17(22)16(21)10-12-3-7-14(19)8-4-12/h1-8,15-16H,9-10H2. The number of rotatable bonds is 6. The van der Waals surface area contributed by atoms with E-state index in [1.54, 1.807) is 0 Å². The average molecular weight is 554 g/mol. The third-order valence-electron chi connectivity index (χ3n) is 3.27. The molecule has 116 valence electrons. The summed E-state index contributed by atoms with van der Waals surface area (Å²) in [5, 5.41) is 0. The van der Waals surface area contributed by atoms with Gasteiger partial charge in [0.1, 0.15) is 0 Å². The molecule has 0 N–H and O–H groups in total. The van der Waals surface area contributed by atoms with Gasteiger partial charge < -0.3 is 0 Å². The van der Waals surface area contributed by atoms with E-state index in [1.807, 2.05) is 48.5 Å². The van der Waals surface area contributed by atoms with Crippen LogP contribution in [0.5, 0.6) is 0 Å². The molecule has 0 saturated carbocycles. The van der Waals surface area contributed by atoms with E-state index < -0.39 is 0 Å². The summed E-state index contributed by atoms with van der Waals surface area (Å²) in [5.74, 6) is 0.172. The molecular weight excluding hydrogens is 540 g/mol. The van der Waals surface area contributed by atoms with Crippen LogP contribution in [0.25, 0.3) is 0 Å². The molecule has 2 atom stereocenters. The lowest BCUT2D eigenvalue weighted by Crippen LogP contribution is -2.27. The third kappa shape index (κ3) is 5.59. The number of alkyl halides is 2. The SMILES string of the molecule is O=C(C(Br)Cc1ccc(Br)cc1)C(Br)Cc1ccc(Br)cc1. The summed E-state index contributed by atoms with van der Waals surface area (Å²) in [5.41, 5.74) is 2.28. The summed E-state index contributed by atoms with van der Waals surface area (Å²) in [7, 11) is 0. The molecule has 0 fully saturated rings. The zero-order chi connectivity index (χ0) is 16.1. The number of halogens is 4. The smallest absolute Gasteiger partial charge is 0.160 e. The number of Topliss-reactive ketones (excluding diaryl/α,β-unsaturated/α-hetero) is 1. The van der Waals surface area contributed by atoms with Crippen LogP contribution in [-0.4, -0.2) is 15.4 Å². The maximum Gasteiger partial charge on any atom is 0.160 e. The largest absolute Gasteiger partial charge is 0.297 e. The van der Waals surface area contributed by atoms with Crippen LogP contribution >= 0.6 is 63.7 Å². The molecule has 0 radical (unpaired) electrons. The van der Waals surface area contributed by atoms with Gasteiger partial charge in [0.2, 0.25) is 0 Å².